The van der Waals surface area contributed by atoms with Crippen molar-refractivity contribution in [3.05, 3.63) is 34.9 Å². The molecule has 20 heavy (non-hydrogen) atoms. The topological polar surface area (TPSA) is 82.0 Å². The fraction of sp³-hybridized carbons (Fsp3) is 0.357. The van der Waals surface area contributed by atoms with Gasteiger partial charge in [-0.1, -0.05) is 23.7 Å². The van der Waals surface area contributed by atoms with Gasteiger partial charge in [-0.25, -0.2) is 0 Å². The summed E-state index contributed by atoms with van der Waals surface area (Å²) in [6.07, 6.45) is 0.796. The molecule has 2 N–H and O–H groups in total. The molecule has 1 aromatic rings. The van der Waals surface area contributed by atoms with E-state index in [0.717, 1.165) is 5.56 Å². The number of carbonyl (C=O) groups is 2. The van der Waals surface area contributed by atoms with E-state index in [-0.39, 0.29) is 18.2 Å². The first-order chi connectivity index (χ1) is 9.61. The third-order valence-corrected chi connectivity index (χ3v) is 2.77. The van der Waals surface area contributed by atoms with Gasteiger partial charge in [0.25, 0.3) is 0 Å². The van der Waals surface area contributed by atoms with E-state index in [1.54, 1.807) is 18.2 Å². The number of nitriles is 1. The number of amides is 2. The highest BCUT2D eigenvalue weighted by Crippen LogP contribution is 2.09. The highest BCUT2D eigenvalue weighted by molar-refractivity contribution is 6.30. The summed E-state index contributed by atoms with van der Waals surface area (Å²) in [4.78, 5) is 22.6. The second-order valence-corrected chi connectivity index (χ2v) is 4.63. The van der Waals surface area contributed by atoms with E-state index in [1.807, 2.05) is 12.1 Å². The number of benzene rings is 1. The lowest BCUT2D eigenvalue weighted by atomic mass is 10.1. The van der Waals surface area contributed by atoms with Crippen molar-refractivity contribution in [3.8, 4) is 6.07 Å². The summed E-state index contributed by atoms with van der Waals surface area (Å²) < 4.78 is 0. The predicted molar refractivity (Wildman–Crippen MR) is 76.0 cm³/mol. The molecular weight excluding hydrogens is 278 g/mol. The summed E-state index contributed by atoms with van der Waals surface area (Å²) in [6, 6.07) is 8.88. The van der Waals surface area contributed by atoms with Crippen LogP contribution in [0.3, 0.4) is 0 Å². The third-order valence-electron chi connectivity index (χ3n) is 2.52. The second kappa shape index (κ2) is 8.94. The number of hydrogen-bond acceptors (Lipinski definition) is 3. The maximum atomic E-state index is 11.6. The largest absolute Gasteiger partial charge is 0.356 e. The lowest BCUT2D eigenvalue weighted by Gasteiger charge is -2.06. The van der Waals surface area contributed by atoms with Gasteiger partial charge >= 0.3 is 0 Å². The number of hydrogen-bond donors (Lipinski definition) is 2. The quantitative estimate of drug-likeness (QED) is 0.746. The van der Waals surface area contributed by atoms with Crippen LogP contribution in [0.15, 0.2) is 24.3 Å². The van der Waals surface area contributed by atoms with Crippen LogP contribution < -0.4 is 10.6 Å². The molecule has 0 saturated heterocycles. The van der Waals surface area contributed by atoms with E-state index in [4.69, 9.17) is 16.9 Å². The van der Waals surface area contributed by atoms with Crippen molar-refractivity contribution in [1.82, 2.24) is 10.6 Å². The van der Waals surface area contributed by atoms with E-state index in [9.17, 15) is 9.59 Å². The molecule has 1 rings (SSSR count). The van der Waals surface area contributed by atoms with Crippen LogP contribution in [0, 0.1) is 11.3 Å². The van der Waals surface area contributed by atoms with Crippen LogP contribution >= 0.6 is 11.6 Å². The zero-order valence-corrected chi connectivity index (χ0v) is 11.7. The van der Waals surface area contributed by atoms with E-state index in [2.05, 4.69) is 10.6 Å². The first-order valence-electron chi connectivity index (χ1n) is 6.26. The van der Waals surface area contributed by atoms with Crippen molar-refractivity contribution in [2.75, 3.05) is 13.1 Å². The molecule has 0 atom stereocenters. The fourth-order valence-corrected chi connectivity index (χ4v) is 1.65. The Balaban J connectivity index is 2.13. The van der Waals surface area contributed by atoms with E-state index in [1.165, 1.54) is 0 Å². The van der Waals surface area contributed by atoms with Gasteiger partial charge in [-0.05, 0) is 24.1 Å². The molecule has 0 spiro atoms. The average molecular weight is 294 g/mol. The van der Waals surface area contributed by atoms with Gasteiger partial charge in [-0.2, -0.15) is 5.26 Å². The van der Waals surface area contributed by atoms with Crippen molar-refractivity contribution >= 4 is 23.4 Å². The lowest BCUT2D eigenvalue weighted by Crippen LogP contribution is -2.30. The second-order valence-electron chi connectivity index (χ2n) is 4.19. The van der Waals surface area contributed by atoms with Crippen LogP contribution in [-0.2, 0) is 16.0 Å². The van der Waals surface area contributed by atoms with Gasteiger partial charge in [0.05, 0.1) is 12.5 Å². The molecule has 0 aliphatic heterocycles. The van der Waals surface area contributed by atoms with Crippen molar-refractivity contribution < 1.29 is 9.59 Å². The van der Waals surface area contributed by atoms with Crippen molar-refractivity contribution in [2.24, 2.45) is 0 Å². The number of rotatable bonds is 7. The summed E-state index contributed by atoms with van der Waals surface area (Å²) in [7, 11) is 0. The Morgan fingerprint density at radius 1 is 1.10 bits per heavy atom. The first kappa shape index (κ1) is 16.0. The molecule has 0 saturated carbocycles. The average Bonchev–Trinajstić information content (AvgIpc) is 2.41. The predicted octanol–water partition coefficient (Wildman–Crippen LogP) is 1.42. The van der Waals surface area contributed by atoms with Crippen molar-refractivity contribution in [2.45, 2.75) is 19.3 Å². The van der Waals surface area contributed by atoms with Gasteiger partial charge in [-0.15, -0.1) is 0 Å². The number of nitrogens with one attached hydrogen (secondary N) is 2. The number of halogens is 1. The summed E-state index contributed by atoms with van der Waals surface area (Å²) in [5.74, 6) is -0.365. The lowest BCUT2D eigenvalue weighted by molar-refractivity contribution is -0.120. The molecule has 6 heteroatoms. The van der Waals surface area contributed by atoms with Crippen LogP contribution in [0.25, 0.3) is 0 Å². The van der Waals surface area contributed by atoms with E-state index in [0.29, 0.717) is 31.0 Å². The molecule has 1 aromatic carbocycles. The first-order valence-corrected chi connectivity index (χ1v) is 6.64. The monoisotopic (exact) mass is 293 g/mol. The molecule has 0 unspecified atom stereocenters. The van der Waals surface area contributed by atoms with Crippen LogP contribution in [0.2, 0.25) is 5.02 Å². The van der Waals surface area contributed by atoms with E-state index >= 15 is 0 Å². The van der Waals surface area contributed by atoms with Gasteiger partial charge in [0.15, 0.2) is 0 Å². The Hall–Kier alpha value is -2.06. The van der Waals surface area contributed by atoms with E-state index < -0.39 is 0 Å². The molecule has 106 valence electrons. The van der Waals surface area contributed by atoms with Gasteiger partial charge < -0.3 is 10.6 Å². The Morgan fingerprint density at radius 3 is 2.30 bits per heavy atom. The minimum Gasteiger partial charge on any atom is -0.356 e. The summed E-state index contributed by atoms with van der Waals surface area (Å²) >= 11 is 5.76. The molecular formula is C14H16ClN3O2. The summed E-state index contributed by atoms with van der Waals surface area (Å²) in [5.41, 5.74) is 0.897. The van der Waals surface area contributed by atoms with Crippen LogP contribution in [0.1, 0.15) is 18.4 Å². The molecule has 2 amide bonds. The summed E-state index contributed by atoms with van der Waals surface area (Å²) in [6.45, 7) is 0.932. The Morgan fingerprint density at radius 2 is 1.70 bits per heavy atom. The molecule has 0 fully saturated rings. The maximum absolute atomic E-state index is 11.6. The van der Waals surface area contributed by atoms with Crippen LogP contribution in [0.4, 0.5) is 0 Å². The van der Waals surface area contributed by atoms with Crippen LogP contribution in [-0.4, -0.2) is 24.9 Å². The number of nitrogens with zero attached hydrogens (tertiary/aromatic N) is 1. The SMILES string of the molecule is N#CCC(=O)NCCCNC(=O)Cc1ccc(Cl)cc1. The normalized spacial score (nSPS) is 9.60. The molecule has 0 bridgehead atoms. The molecule has 0 heterocycles. The standard InChI is InChI=1S/C14H16ClN3O2/c15-12-4-2-11(3-5-12)10-14(20)18-9-1-8-17-13(19)6-7-16/h2-5H,1,6,8-10H2,(H,17,19)(H,18,20). The Kier molecular flexibility index (Phi) is 7.15. The molecule has 0 aliphatic rings. The van der Waals surface area contributed by atoms with Crippen molar-refractivity contribution in [3.63, 3.8) is 0 Å². The van der Waals surface area contributed by atoms with Gasteiger partial charge in [0.1, 0.15) is 6.42 Å². The Bertz CT molecular complexity index is 494. The van der Waals surface area contributed by atoms with Gasteiger partial charge in [0.2, 0.25) is 11.8 Å². The minimum absolute atomic E-state index is 0.0735. The zero-order chi connectivity index (χ0) is 14.8. The highest BCUT2D eigenvalue weighted by Gasteiger charge is 2.03. The molecule has 5 nitrogen and oxygen atoms in total. The zero-order valence-electron chi connectivity index (χ0n) is 11.0. The highest BCUT2D eigenvalue weighted by atomic mass is 35.5. The third kappa shape index (κ3) is 6.76. The Labute approximate surface area is 122 Å². The fourth-order valence-electron chi connectivity index (χ4n) is 1.53. The molecule has 0 radical (unpaired) electrons. The number of carbonyl (C=O) groups excluding carboxylic acids is 2. The molecule has 0 aliphatic carbocycles. The molecule has 0 aromatic heterocycles. The summed E-state index contributed by atoms with van der Waals surface area (Å²) in [5, 5.41) is 14.3. The maximum Gasteiger partial charge on any atom is 0.234 e. The van der Waals surface area contributed by atoms with Gasteiger partial charge in [0, 0.05) is 18.1 Å². The van der Waals surface area contributed by atoms with Crippen LogP contribution in [0.5, 0.6) is 0 Å². The minimum atomic E-state index is -0.292. The van der Waals surface area contributed by atoms with Crippen molar-refractivity contribution in [1.29, 1.82) is 5.26 Å². The smallest absolute Gasteiger partial charge is 0.234 e. The van der Waals surface area contributed by atoms with Gasteiger partial charge in [-0.3, -0.25) is 9.59 Å².